The average Bonchev–Trinajstić information content (AvgIpc) is 3.25. The van der Waals surface area contributed by atoms with Crippen molar-refractivity contribution in [2.24, 2.45) is 7.05 Å². The molecule has 0 bridgehead atoms. The molecule has 2 heterocycles. The zero-order valence-corrected chi connectivity index (χ0v) is 14.6. The Labute approximate surface area is 150 Å². The van der Waals surface area contributed by atoms with Crippen molar-refractivity contribution >= 4 is 16.9 Å². The molecule has 0 aliphatic carbocycles. The molecule has 1 amide bonds. The number of amides is 1. The highest BCUT2D eigenvalue weighted by atomic mass is 16.7. The van der Waals surface area contributed by atoms with E-state index in [1.165, 1.54) is 0 Å². The second-order valence-corrected chi connectivity index (χ2v) is 6.02. The van der Waals surface area contributed by atoms with Gasteiger partial charge in [0.25, 0.3) is 5.91 Å². The van der Waals surface area contributed by atoms with E-state index >= 15 is 0 Å². The van der Waals surface area contributed by atoms with E-state index in [-0.39, 0.29) is 12.7 Å². The standard InChI is InChI=1S/C19H19N3O4/c1-22-15-5-4-13(24-2)10-14(15)21-18(22)7-8-20-19(23)12-3-6-16-17(9-12)26-11-25-16/h3-6,9-10H,7-8,11H2,1-2H3,(H,20,23). The molecule has 0 fully saturated rings. The normalized spacial score (nSPS) is 12.4. The molecule has 134 valence electrons. The first kappa shape index (κ1) is 16.3. The molecule has 1 N–H and O–H groups in total. The number of aromatic nitrogens is 2. The molecular formula is C19H19N3O4. The van der Waals surface area contributed by atoms with Crippen LogP contribution in [0.3, 0.4) is 0 Å². The molecule has 1 aliphatic heterocycles. The smallest absolute Gasteiger partial charge is 0.251 e. The Hall–Kier alpha value is -3.22. The number of fused-ring (bicyclic) bond motifs is 2. The van der Waals surface area contributed by atoms with Crippen LogP contribution in [0.2, 0.25) is 0 Å². The van der Waals surface area contributed by atoms with Crippen LogP contribution in [-0.2, 0) is 13.5 Å². The fourth-order valence-corrected chi connectivity index (χ4v) is 3.01. The third-order valence-electron chi connectivity index (χ3n) is 4.45. The van der Waals surface area contributed by atoms with Crippen LogP contribution in [0.4, 0.5) is 0 Å². The molecule has 0 spiro atoms. The molecule has 1 aliphatic rings. The number of nitrogens with zero attached hydrogens (tertiary/aromatic N) is 2. The van der Waals surface area contributed by atoms with E-state index in [1.807, 2.05) is 29.8 Å². The maximum atomic E-state index is 12.3. The summed E-state index contributed by atoms with van der Waals surface area (Å²) in [5.41, 5.74) is 2.45. The van der Waals surface area contributed by atoms with Gasteiger partial charge < -0.3 is 24.1 Å². The number of carbonyl (C=O) groups excluding carboxylic acids is 1. The lowest BCUT2D eigenvalue weighted by atomic mass is 10.2. The summed E-state index contributed by atoms with van der Waals surface area (Å²) in [7, 11) is 3.60. The number of benzene rings is 2. The van der Waals surface area contributed by atoms with Crippen molar-refractivity contribution in [2.75, 3.05) is 20.4 Å². The van der Waals surface area contributed by atoms with Gasteiger partial charge in [-0.05, 0) is 30.3 Å². The minimum Gasteiger partial charge on any atom is -0.497 e. The van der Waals surface area contributed by atoms with Crippen molar-refractivity contribution < 1.29 is 19.0 Å². The molecular weight excluding hydrogens is 334 g/mol. The van der Waals surface area contributed by atoms with Gasteiger partial charge >= 0.3 is 0 Å². The van der Waals surface area contributed by atoms with Crippen molar-refractivity contribution in [1.29, 1.82) is 0 Å². The summed E-state index contributed by atoms with van der Waals surface area (Å²) >= 11 is 0. The molecule has 7 nitrogen and oxygen atoms in total. The fourth-order valence-electron chi connectivity index (χ4n) is 3.01. The van der Waals surface area contributed by atoms with Gasteiger partial charge in [-0.3, -0.25) is 4.79 Å². The fraction of sp³-hybridized carbons (Fsp3) is 0.263. The Bertz CT molecular complexity index is 980. The second-order valence-electron chi connectivity index (χ2n) is 6.02. The van der Waals surface area contributed by atoms with Crippen molar-refractivity contribution in [3.8, 4) is 17.2 Å². The Kier molecular flexibility index (Phi) is 4.12. The predicted molar refractivity (Wildman–Crippen MR) is 95.9 cm³/mol. The molecule has 4 rings (SSSR count). The lowest BCUT2D eigenvalue weighted by molar-refractivity contribution is 0.0953. The molecule has 0 atom stereocenters. The Balaban J connectivity index is 1.42. The molecule has 0 saturated carbocycles. The number of carbonyl (C=O) groups is 1. The van der Waals surface area contributed by atoms with E-state index in [2.05, 4.69) is 10.3 Å². The molecule has 26 heavy (non-hydrogen) atoms. The molecule has 1 aromatic heterocycles. The van der Waals surface area contributed by atoms with Gasteiger partial charge in [0.05, 0.1) is 18.1 Å². The van der Waals surface area contributed by atoms with E-state index in [0.29, 0.717) is 30.0 Å². The topological polar surface area (TPSA) is 74.6 Å². The first-order valence-corrected chi connectivity index (χ1v) is 8.33. The van der Waals surface area contributed by atoms with Crippen molar-refractivity contribution in [2.45, 2.75) is 6.42 Å². The SMILES string of the molecule is COc1ccc2c(c1)nc(CCNC(=O)c1ccc3c(c1)OCO3)n2C. The average molecular weight is 353 g/mol. The summed E-state index contributed by atoms with van der Waals surface area (Å²) in [5, 5.41) is 2.92. The lowest BCUT2D eigenvalue weighted by Gasteiger charge is -2.06. The highest BCUT2D eigenvalue weighted by Crippen LogP contribution is 2.32. The van der Waals surface area contributed by atoms with Gasteiger partial charge in [0, 0.05) is 31.6 Å². The van der Waals surface area contributed by atoms with Gasteiger partial charge in [-0.15, -0.1) is 0 Å². The highest BCUT2D eigenvalue weighted by Gasteiger charge is 2.16. The molecule has 7 heteroatoms. The van der Waals surface area contributed by atoms with Crippen molar-refractivity contribution in [3.05, 3.63) is 47.8 Å². The van der Waals surface area contributed by atoms with Gasteiger partial charge in [-0.1, -0.05) is 0 Å². The molecule has 3 aromatic rings. The van der Waals surface area contributed by atoms with E-state index in [1.54, 1.807) is 25.3 Å². The van der Waals surface area contributed by atoms with Gasteiger partial charge in [0.1, 0.15) is 11.6 Å². The zero-order valence-electron chi connectivity index (χ0n) is 14.6. The predicted octanol–water partition coefficient (Wildman–Crippen LogP) is 2.28. The second kappa shape index (κ2) is 6.59. The number of imidazole rings is 1. The van der Waals surface area contributed by atoms with Crippen LogP contribution in [0, 0.1) is 0 Å². The molecule has 0 saturated heterocycles. The van der Waals surface area contributed by atoms with Crippen LogP contribution in [0.15, 0.2) is 36.4 Å². The summed E-state index contributed by atoms with van der Waals surface area (Å²) in [6, 6.07) is 11.0. The Morgan fingerprint density at radius 2 is 2.08 bits per heavy atom. The maximum absolute atomic E-state index is 12.3. The summed E-state index contributed by atoms with van der Waals surface area (Å²) in [4.78, 5) is 17.0. The van der Waals surface area contributed by atoms with Gasteiger partial charge in [-0.2, -0.15) is 0 Å². The van der Waals surface area contributed by atoms with Gasteiger partial charge in [-0.25, -0.2) is 4.98 Å². The summed E-state index contributed by atoms with van der Waals surface area (Å²) in [6.45, 7) is 0.680. The van der Waals surface area contributed by atoms with Gasteiger partial charge in [0.2, 0.25) is 6.79 Å². The van der Waals surface area contributed by atoms with Crippen LogP contribution in [0.1, 0.15) is 16.2 Å². The molecule has 0 radical (unpaired) electrons. The van der Waals surface area contributed by atoms with Crippen LogP contribution < -0.4 is 19.5 Å². The third kappa shape index (κ3) is 2.92. The number of ether oxygens (including phenoxy) is 3. The summed E-state index contributed by atoms with van der Waals surface area (Å²) in [6.07, 6.45) is 0.629. The number of aryl methyl sites for hydroxylation is 1. The maximum Gasteiger partial charge on any atom is 0.251 e. The monoisotopic (exact) mass is 353 g/mol. The van der Waals surface area contributed by atoms with Crippen molar-refractivity contribution in [3.63, 3.8) is 0 Å². The Morgan fingerprint density at radius 3 is 2.92 bits per heavy atom. The number of methoxy groups -OCH3 is 1. The van der Waals surface area contributed by atoms with E-state index in [0.717, 1.165) is 22.6 Å². The number of rotatable bonds is 5. The number of hydrogen-bond donors (Lipinski definition) is 1. The van der Waals surface area contributed by atoms with E-state index in [4.69, 9.17) is 14.2 Å². The Morgan fingerprint density at radius 1 is 1.23 bits per heavy atom. The lowest BCUT2D eigenvalue weighted by Crippen LogP contribution is -2.26. The quantitative estimate of drug-likeness (QED) is 0.762. The first-order chi connectivity index (χ1) is 12.7. The first-order valence-electron chi connectivity index (χ1n) is 8.33. The molecule has 0 unspecified atom stereocenters. The van der Waals surface area contributed by atoms with Gasteiger partial charge in [0.15, 0.2) is 11.5 Å². The van der Waals surface area contributed by atoms with Crippen molar-refractivity contribution in [1.82, 2.24) is 14.9 Å². The highest BCUT2D eigenvalue weighted by molar-refractivity contribution is 5.94. The van der Waals surface area contributed by atoms with Crippen LogP contribution in [-0.4, -0.2) is 35.9 Å². The van der Waals surface area contributed by atoms with E-state index < -0.39 is 0 Å². The summed E-state index contributed by atoms with van der Waals surface area (Å²) in [5.74, 6) is 2.79. The van der Waals surface area contributed by atoms with Crippen LogP contribution in [0.5, 0.6) is 17.2 Å². The number of nitrogens with one attached hydrogen (secondary N) is 1. The van der Waals surface area contributed by atoms with Crippen LogP contribution in [0.25, 0.3) is 11.0 Å². The van der Waals surface area contributed by atoms with Crippen LogP contribution >= 0.6 is 0 Å². The zero-order chi connectivity index (χ0) is 18.1. The van der Waals surface area contributed by atoms with E-state index in [9.17, 15) is 4.79 Å². The number of hydrogen-bond acceptors (Lipinski definition) is 5. The third-order valence-corrected chi connectivity index (χ3v) is 4.45. The largest absolute Gasteiger partial charge is 0.497 e. The summed E-state index contributed by atoms with van der Waals surface area (Å²) < 4.78 is 17.8. The molecule has 2 aromatic carbocycles. The minimum atomic E-state index is -0.149. The minimum absolute atomic E-state index is 0.149.